The Balaban J connectivity index is 1.82. The summed E-state index contributed by atoms with van der Waals surface area (Å²) in [6.45, 7) is 4.27. The van der Waals surface area contributed by atoms with E-state index in [-0.39, 0.29) is 0 Å². The fourth-order valence-corrected chi connectivity index (χ4v) is 7.07. The van der Waals surface area contributed by atoms with Gasteiger partial charge in [0.05, 0.1) is 19.8 Å². The van der Waals surface area contributed by atoms with Gasteiger partial charge in [-0.25, -0.2) is 0 Å². The van der Waals surface area contributed by atoms with Crippen LogP contribution in [0.5, 0.6) is 23.0 Å². The number of benzene rings is 4. The van der Waals surface area contributed by atoms with Gasteiger partial charge in [-0.3, -0.25) is 0 Å². The van der Waals surface area contributed by atoms with Crippen LogP contribution in [0, 0.1) is 13.8 Å². The number of ether oxygens (including phenoxy) is 3. The van der Waals surface area contributed by atoms with Crippen molar-refractivity contribution in [2.75, 3.05) is 14.2 Å². The summed E-state index contributed by atoms with van der Waals surface area (Å²) >= 11 is 0. The number of fused-ring (bicyclic) bond motifs is 2. The van der Waals surface area contributed by atoms with E-state index in [4.69, 9.17) is 14.2 Å². The van der Waals surface area contributed by atoms with Crippen LogP contribution in [0.25, 0.3) is 11.1 Å². The Bertz CT molecular complexity index is 1240. The highest BCUT2D eigenvalue weighted by molar-refractivity contribution is 7.80. The third-order valence-corrected chi connectivity index (χ3v) is 8.31. The van der Waals surface area contributed by atoms with Crippen LogP contribution in [-0.2, 0) is 0 Å². The van der Waals surface area contributed by atoms with Crippen molar-refractivity contribution in [3.63, 3.8) is 0 Å². The lowest BCUT2D eigenvalue weighted by atomic mass is 10.0. The fourth-order valence-electron chi connectivity index (χ4n) is 4.28. The smallest absolute Gasteiger partial charge is 0.135 e. The Kier molecular flexibility index (Phi) is 5.36. The molecular weight excluding hydrogens is 415 g/mol. The van der Waals surface area contributed by atoms with Crippen LogP contribution in [0.3, 0.4) is 0 Å². The van der Waals surface area contributed by atoms with Gasteiger partial charge in [-0.05, 0) is 69.0 Å². The van der Waals surface area contributed by atoms with E-state index in [2.05, 4.69) is 74.5 Å². The first-order valence-corrected chi connectivity index (χ1v) is 11.9. The van der Waals surface area contributed by atoms with E-state index in [0.717, 1.165) is 34.1 Å². The first-order chi connectivity index (χ1) is 15.6. The van der Waals surface area contributed by atoms with Gasteiger partial charge in [0.2, 0.25) is 0 Å². The molecule has 0 radical (unpaired) electrons. The van der Waals surface area contributed by atoms with Crippen molar-refractivity contribution in [3.8, 4) is 34.1 Å². The summed E-state index contributed by atoms with van der Waals surface area (Å²) in [5.41, 5.74) is 4.55. The van der Waals surface area contributed by atoms with Gasteiger partial charge in [0.1, 0.15) is 23.0 Å². The van der Waals surface area contributed by atoms with Crippen molar-refractivity contribution in [1.82, 2.24) is 0 Å². The summed E-state index contributed by atoms with van der Waals surface area (Å²) in [6.07, 6.45) is 0. The van der Waals surface area contributed by atoms with E-state index in [1.54, 1.807) is 14.2 Å². The van der Waals surface area contributed by atoms with E-state index in [0.29, 0.717) is 0 Å². The lowest BCUT2D eigenvalue weighted by Gasteiger charge is -2.31. The molecule has 4 heteroatoms. The monoisotopic (exact) mass is 440 g/mol. The van der Waals surface area contributed by atoms with E-state index >= 15 is 0 Å². The Morgan fingerprint density at radius 3 is 1.75 bits per heavy atom. The minimum Gasteiger partial charge on any atom is -0.496 e. The summed E-state index contributed by atoms with van der Waals surface area (Å²) < 4.78 is 17.9. The zero-order chi connectivity index (χ0) is 22.2. The van der Waals surface area contributed by atoms with Gasteiger partial charge in [0.25, 0.3) is 0 Å². The van der Waals surface area contributed by atoms with Crippen LogP contribution in [0.1, 0.15) is 11.1 Å². The molecule has 0 spiro atoms. The van der Waals surface area contributed by atoms with E-state index in [1.807, 2.05) is 18.2 Å². The molecule has 160 valence electrons. The molecule has 1 aliphatic rings. The molecule has 4 aromatic carbocycles. The quantitative estimate of drug-likeness (QED) is 0.328. The van der Waals surface area contributed by atoms with Crippen LogP contribution < -0.4 is 30.1 Å². The topological polar surface area (TPSA) is 27.7 Å². The largest absolute Gasteiger partial charge is 0.496 e. The van der Waals surface area contributed by atoms with Crippen LogP contribution >= 0.6 is 7.92 Å². The molecule has 3 nitrogen and oxygen atoms in total. The molecule has 0 aliphatic carbocycles. The Hall–Kier alpha value is -3.29. The molecule has 0 unspecified atom stereocenters. The second kappa shape index (κ2) is 8.33. The lowest BCUT2D eigenvalue weighted by Crippen LogP contribution is -2.28. The van der Waals surface area contributed by atoms with E-state index < -0.39 is 7.92 Å². The highest BCUT2D eigenvalue weighted by atomic mass is 31.1. The van der Waals surface area contributed by atoms with Gasteiger partial charge in [0, 0.05) is 10.6 Å². The molecule has 4 aromatic rings. The maximum absolute atomic E-state index is 6.34. The molecule has 5 rings (SSSR count). The van der Waals surface area contributed by atoms with Gasteiger partial charge in [-0.15, -0.1) is 0 Å². The second-order valence-corrected chi connectivity index (χ2v) is 10.1. The summed E-state index contributed by atoms with van der Waals surface area (Å²) in [6, 6.07) is 27.5. The predicted octanol–water partition coefficient (Wildman–Crippen LogP) is 5.85. The van der Waals surface area contributed by atoms with Crippen molar-refractivity contribution in [3.05, 3.63) is 90.0 Å². The fraction of sp³-hybridized carbons (Fsp3) is 0.143. The highest BCUT2D eigenvalue weighted by Crippen LogP contribution is 2.48. The Morgan fingerprint density at radius 1 is 0.625 bits per heavy atom. The minimum atomic E-state index is -0.846. The summed E-state index contributed by atoms with van der Waals surface area (Å²) in [4.78, 5) is 0. The Morgan fingerprint density at radius 2 is 1.19 bits per heavy atom. The summed E-state index contributed by atoms with van der Waals surface area (Å²) in [5, 5.41) is 3.73. The third-order valence-electron chi connectivity index (χ3n) is 5.77. The molecule has 1 heterocycles. The Labute approximate surface area is 190 Å². The van der Waals surface area contributed by atoms with Gasteiger partial charge >= 0.3 is 0 Å². The average Bonchev–Trinajstić information content (AvgIpc) is 2.82. The third kappa shape index (κ3) is 3.43. The zero-order valence-corrected chi connectivity index (χ0v) is 19.6. The van der Waals surface area contributed by atoms with Crippen molar-refractivity contribution < 1.29 is 14.2 Å². The van der Waals surface area contributed by atoms with Crippen LogP contribution in [0.15, 0.2) is 78.9 Å². The molecule has 1 aliphatic heterocycles. The van der Waals surface area contributed by atoms with Crippen molar-refractivity contribution in [1.29, 1.82) is 0 Å². The SMILES string of the molecule is COc1cccc(OC)c1-c1ccccc1P1c2cc(C)ccc2Oc2ccc(C)cc21. The number of aryl methyl sites for hydroxylation is 2. The van der Waals surface area contributed by atoms with E-state index in [9.17, 15) is 0 Å². The van der Waals surface area contributed by atoms with Crippen LogP contribution in [0.4, 0.5) is 0 Å². The molecule has 32 heavy (non-hydrogen) atoms. The van der Waals surface area contributed by atoms with Gasteiger partial charge in [-0.1, -0.05) is 53.6 Å². The highest BCUT2D eigenvalue weighted by Gasteiger charge is 2.31. The molecule has 0 saturated carbocycles. The molecule has 0 bridgehead atoms. The molecule has 0 amide bonds. The average molecular weight is 440 g/mol. The normalized spacial score (nSPS) is 12.5. The van der Waals surface area contributed by atoms with Crippen LogP contribution in [0.2, 0.25) is 0 Å². The van der Waals surface area contributed by atoms with Crippen molar-refractivity contribution in [2.24, 2.45) is 0 Å². The predicted molar refractivity (Wildman–Crippen MR) is 133 cm³/mol. The molecule has 0 aromatic heterocycles. The molecule has 0 fully saturated rings. The van der Waals surface area contributed by atoms with Crippen LogP contribution in [-0.4, -0.2) is 14.2 Å². The van der Waals surface area contributed by atoms with Crippen molar-refractivity contribution >= 4 is 23.8 Å². The first-order valence-electron chi connectivity index (χ1n) is 10.6. The number of hydrogen-bond donors (Lipinski definition) is 0. The molecule has 0 saturated heterocycles. The second-order valence-electron chi connectivity index (χ2n) is 7.93. The number of hydrogen-bond acceptors (Lipinski definition) is 3. The van der Waals surface area contributed by atoms with Crippen molar-refractivity contribution in [2.45, 2.75) is 13.8 Å². The van der Waals surface area contributed by atoms with Gasteiger partial charge in [0.15, 0.2) is 0 Å². The zero-order valence-electron chi connectivity index (χ0n) is 18.7. The lowest BCUT2D eigenvalue weighted by molar-refractivity contribution is 0.397. The van der Waals surface area contributed by atoms with Gasteiger partial charge < -0.3 is 14.2 Å². The maximum Gasteiger partial charge on any atom is 0.135 e. The number of rotatable bonds is 4. The number of methoxy groups -OCH3 is 2. The molecular formula is C28H25O3P. The molecule has 0 N–H and O–H groups in total. The first kappa shape index (κ1) is 20.6. The molecule has 0 atom stereocenters. The maximum atomic E-state index is 6.34. The summed E-state index contributed by atoms with van der Waals surface area (Å²) in [7, 11) is 2.57. The van der Waals surface area contributed by atoms with Gasteiger partial charge in [-0.2, -0.15) is 0 Å². The minimum absolute atomic E-state index is 0.800. The summed E-state index contributed by atoms with van der Waals surface area (Å²) in [5.74, 6) is 3.46. The van der Waals surface area contributed by atoms with E-state index in [1.165, 1.54) is 27.0 Å². The standard InChI is InChI=1S/C28H25O3P/c1-18-12-14-21-26(16-18)32(27-17-19(2)13-15-22(27)31-21)25-11-6-5-8-20(25)28-23(29-3)9-7-10-24(28)30-4/h5-17H,1-4H3.